The number of carbonyl (C=O) groups excluding carboxylic acids is 1. The van der Waals surface area contributed by atoms with Gasteiger partial charge in [0.05, 0.1) is 21.3 Å². The molecular weight excluding hydrogens is 322 g/mol. The Kier molecular flexibility index (Phi) is 6.51. The highest BCUT2D eigenvalue weighted by atomic mass is 16.5. The first-order valence-electron chi connectivity index (χ1n) is 7.88. The van der Waals surface area contributed by atoms with Crippen molar-refractivity contribution in [3.63, 3.8) is 0 Å². The average molecular weight is 345 g/mol. The lowest BCUT2D eigenvalue weighted by Crippen LogP contribution is -2.36. The van der Waals surface area contributed by atoms with Gasteiger partial charge < -0.3 is 24.3 Å². The number of benzene rings is 2. The van der Waals surface area contributed by atoms with E-state index in [9.17, 15) is 4.79 Å². The molecule has 0 saturated heterocycles. The summed E-state index contributed by atoms with van der Waals surface area (Å²) < 4.78 is 21.6. The largest absolute Gasteiger partial charge is 0.493 e. The third-order valence-corrected chi connectivity index (χ3v) is 3.66. The molecule has 1 unspecified atom stereocenters. The highest BCUT2D eigenvalue weighted by Crippen LogP contribution is 2.39. The predicted molar refractivity (Wildman–Crippen MR) is 94.5 cm³/mol. The van der Waals surface area contributed by atoms with Crippen molar-refractivity contribution >= 4 is 5.91 Å². The fraction of sp³-hybridized carbons (Fsp3) is 0.316. The molecule has 1 atom stereocenters. The summed E-state index contributed by atoms with van der Waals surface area (Å²) in [5, 5.41) is 2.84. The Hall–Kier alpha value is -2.89. The summed E-state index contributed by atoms with van der Waals surface area (Å²) in [7, 11) is 4.64. The van der Waals surface area contributed by atoms with Crippen molar-refractivity contribution in [1.82, 2.24) is 5.32 Å². The van der Waals surface area contributed by atoms with E-state index >= 15 is 0 Å². The van der Waals surface area contributed by atoms with Gasteiger partial charge in [-0.05, 0) is 31.2 Å². The first-order valence-corrected chi connectivity index (χ1v) is 7.88. The van der Waals surface area contributed by atoms with E-state index in [0.717, 1.165) is 5.56 Å². The van der Waals surface area contributed by atoms with E-state index in [-0.39, 0.29) is 12.5 Å². The summed E-state index contributed by atoms with van der Waals surface area (Å²) in [5.41, 5.74) is 0.778. The molecule has 2 aromatic carbocycles. The maximum atomic E-state index is 12.3. The quantitative estimate of drug-likeness (QED) is 0.797. The van der Waals surface area contributed by atoms with Gasteiger partial charge in [0.1, 0.15) is 5.75 Å². The summed E-state index contributed by atoms with van der Waals surface area (Å²) in [6, 6.07) is 12.8. The van der Waals surface area contributed by atoms with Gasteiger partial charge in [-0.25, -0.2) is 0 Å². The molecule has 0 aliphatic heterocycles. The van der Waals surface area contributed by atoms with Gasteiger partial charge >= 0.3 is 0 Å². The number of rotatable bonds is 8. The SMILES string of the molecule is COc1ccc(CNC(=O)C(C)Oc2ccccc2)c(OC)c1OC. The Morgan fingerprint density at radius 3 is 2.24 bits per heavy atom. The Balaban J connectivity index is 2.04. The van der Waals surface area contributed by atoms with Crippen molar-refractivity contribution in [2.24, 2.45) is 0 Å². The van der Waals surface area contributed by atoms with Gasteiger partial charge in [-0.2, -0.15) is 0 Å². The first-order chi connectivity index (χ1) is 12.1. The zero-order valence-corrected chi connectivity index (χ0v) is 14.9. The average Bonchev–Trinajstić information content (AvgIpc) is 2.65. The van der Waals surface area contributed by atoms with Crippen LogP contribution in [0.25, 0.3) is 0 Å². The molecular formula is C19H23NO5. The van der Waals surface area contributed by atoms with Crippen molar-refractivity contribution in [1.29, 1.82) is 0 Å². The number of para-hydroxylation sites is 1. The second kappa shape index (κ2) is 8.82. The van der Waals surface area contributed by atoms with E-state index in [1.165, 1.54) is 0 Å². The predicted octanol–water partition coefficient (Wildman–Crippen LogP) is 2.80. The molecule has 2 rings (SSSR count). The Bertz CT molecular complexity index is 702. The zero-order valence-electron chi connectivity index (χ0n) is 14.9. The molecule has 0 bridgehead atoms. The van der Waals surface area contributed by atoms with Crippen LogP contribution in [0.1, 0.15) is 12.5 Å². The summed E-state index contributed by atoms with van der Waals surface area (Å²) in [6.07, 6.45) is -0.617. The number of hydrogen-bond acceptors (Lipinski definition) is 5. The molecule has 0 saturated carbocycles. The fourth-order valence-electron chi connectivity index (χ4n) is 2.39. The molecule has 0 aliphatic carbocycles. The molecule has 6 nitrogen and oxygen atoms in total. The first kappa shape index (κ1) is 18.4. The summed E-state index contributed by atoms with van der Waals surface area (Å²) in [6.45, 7) is 1.99. The van der Waals surface area contributed by atoms with E-state index in [4.69, 9.17) is 18.9 Å². The van der Waals surface area contributed by atoms with Gasteiger partial charge in [0.15, 0.2) is 17.6 Å². The van der Waals surface area contributed by atoms with Gasteiger partial charge in [-0.1, -0.05) is 18.2 Å². The smallest absolute Gasteiger partial charge is 0.261 e. The zero-order chi connectivity index (χ0) is 18.2. The Labute approximate surface area is 147 Å². The van der Waals surface area contributed by atoms with Crippen LogP contribution in [0, 0.1) is 0 Å². The monoisotopic (exact) mass is 345 g/mol. The third-order valence-electron chi connectivity index (χ3n) is 3.66. The van der Waals surface area contributed by atoms with E-state index in [2.05, 4.69) is 5.32 Å². The van der Waals surface area contributed by atoms with Crippen molar-refractivity contribution in [2.45, 2.75) is 19.6 Å². The van der Waals surface area contributed by atoms with Crippen LogP contribution in [0.2, 0.25) is 0 Å². The van der Waals surface area contributed by atoms with Crippen LogP contribution < -0.4 is 24.3 Å². The van der Waals surface area contributed by atoms with E-state index in [1.54, 1.807) is 46.5 Å². The molecule has 134 valence electrons. The molecule has 2 aromatic rings. The second-order valence-electron chi connectivity index (χ2n) is 5.28. The normalized spacial score (nSPS) is 11.4. The third kappa shape index (κ3) is 4.56. The van der Waals surface area contributed by atoms with Crippen molar-refractivity contribution in [3.05, 3.63) is 48.0 Å². The van der Waals surface area contributed by atoms with E-state index in [1.807, 2.05) is 24.3 Å². The highest BCUT2D eigenvalue weighted by Gasteiger charge is 2.18. The number of carbonyl (C=O) groups is 1. The number of amides is 1. The molecule has 25 heavy (non-hydrogen) atoms. The number of nitrogens with one attached hydrogen (secondary N) is 1. The lowest BCUT2D eigenvalue weighted by Gasteiger charge is -2.18. The lowest BCUT2D eigenvalue weighted by molar-refractivity contribution is -0.127. The molecule has 0 radical (unpaired) electrons. The van der Waals surface area contributed by atoms with Crippen LogP contribution in [-0.2, 0) is 11.3 Å². The van der Waals surface area contributed by atoms with Gasteiger partial charge in [-0.3, -0.25) is 4.79 Å². The second-order valence-corrected chi connectivity index (χ2v) is 5.28. The van der Waals surface area contributed by atoms with Crippen LogP contribution in [-0.4, -0.2) is 33.3 Å². The number of ether oxygens (including phenoxy) is 4. The maximum Gasteiger partial charge on any atom is 0.261 e. The molecule has 0 fully saturated rings. The van der Waals surface area contributed by atoms with Crippen LogP contribution >= 0.6 is 0 Å². The van der Waals surface area contributed by atoms with Gasteiger partial charge in [0, 0.05) is 12.1 Å². The standard InChI is InChI=1S/C19H23NO5/c1-13(25-15-8-6-5-7-9-15)19(21)20-12-14-10-11-16(22-2)18(24-4)17(14)23-3/h5-11,13H,12H2,1-4H3,(H,20,21). The van der Waals surface area contributed by atoms with Crippen LogP contribution in [0.3, 0.4) is 0 Å². The molecule has 0 heterocycles. The number of hydrogen-bond donors (Lipinski definition) is 1. The molecule has 6 heteroatoms. The summed E-state index contributed by atoms with van der Waals surface area (Å²) in [5.74, 6) is 2.01. The Morgan fingerprint density at radius 1 is 0.960 bits per heavy atom. The maximum absolute atomic E-state index is 12.3. The van der Waals surface area contributed by atoms with Gasteiger partial charge in [0.2, 0.25) is 5.75 Å². The Morgan fingerprint density at radius 2 is 1.64 bits per heavy atom. The summed E-state index contributed by atoms with van der Waals surface area (Å²) in [4.78, 5) is 12.3. The van der Waals surface area contributed by atoms with Crippen molar-refractivity contribution in [2.75, 3.05) is 21.3 Å². The van der Waals surface area contributed by atoms with Crippen molar-refractivity contribution in [3.8, 4) is 23.0 Å². The topological polar surface area (TPSA) is 66.0 Å². The molecule has 0 aromatic heterocycles. The lowest BCUT2D eigenvalue weighted by atomic mass is 10.1. The van der Waals surface area contributed by atoms with Crippen LogP contribution in [0.5, 0.6) is 23.0 Å². The van der Waals surface area contributed by atoms with Crippen LogP contribution in [0.4, 0.5) is 0 Å². The van der Waals surface area contributed by atoms with E-state index < -0.39 is 6.10 Å². The minimum Gasteiger partial charge on any atom is -0.493 e. The molecule has 0 spiro atoms. The minimum atomic E-state index is -0.617. The van der Waals surface area contributed by atoms with Gasteiger partial charge in [0.25, 0.3) is 5.91 Å². The molecule has 1 amide bonds. The van der Waals surface area contributed by atoms with Crippen LogP contribution in [0.15, 0.2) is 42.5 Å². The van der Waals surface area contributed by atoms with E-state index in [0.29, 0.717) is 23.0 Å². The molecule has 0 aliphatic rings. The fourth-order valence-corrected chi connectivity index (χ4v) is 2.39. The van der Waals surface area contributed by atoms with Gasteiger partial charge in [-0.15, -0.1) is 0 Å². The summed E-state index contributed by atoms with van der Waals surface area (Å²) >= 11 is 0. The molecule has 1 N–H and O–H groups in total. The highest BCUT2D eigenvalue weighted by molar-refractivity contribution is 5.80. The van der Waals surface area contributed by atoms with Crippen molar-refractivity contribution < 1.29 is 23.7 Å². The number of methoxy groups -OCH3 is 3. The minimum absolute atomic E-state index is 0.222.